The third kappa shape index (κ3) is 5.02. The van der Waals surface area contributed by atoms with Gasteiger partial charge in [-0.2, -0.15) is 17.5 Å². The highest BCUT2D eigenvalue weighted by Crippen LogP contribution is 2.58. The number of nitrogens with one attached hydrogen (secondary N) is 1. The molecule has 2 fully saturated rings. The third-order valence-electron chi connectivity index (χ3n) is 7.55. The molecule has 1 aliphatic carbocycles. The summed E-state index contributed by atoms with van der Waals surface area (Å²) in [5, 5.41) is 3.34. The van der Waals surface area contributed by atoms with Gasteiger partial charge in [0.1, 0.15) is 0 Å². The number of rotatable bonds is 7. The van der Waals surface area contributed by atoms with Crippen LogP contribution in [0.5, 0.6) is 0 Å². The molecule has 0 atom stereocenters. The summed E-state index contributed by atoms with van der Waals surface area (Å²) in [5.74, 6) is -0.512. The molecule has 38 heavy (non-hydrogen) atoms. The lowest BCUT2D eigenvalue weighted by atomic mass is 9.95. The minimum absolute atomic E-state index is 0.0237. The lowest BCUT2D eigenvalue weighted by Crippen LogP contribution is -2.42. The van der Waals surface area contributed by atoms with E-state index in [2.05, 4.69) is 5.32 Å². The summed E-state index contributed by atoms with van der Waals surface area (Å²) in [6.45, 7) is 0.678. The molecule has 1 aliphatic heterocycles. The average molecular weight is 544 g/mol. The Morgan fingerprint density at radius 1 is 0.868 bits per heavy atom. The molecule has 1 saturated carbocycles. The van der Waals surface area contributed by atoms with E-state index in [1.165, 1.54) is 16.4 Å². The predicted octanol–water partition coefficient (Wildman–Crippen LogP) is 5.31. The van der Waals surface area contributed by atoms with Crippen molar-refractivity contribution in [2.45, 2.75) is 48.2 Å². The maximum absolute atomic E-state index is 13.4. The number of amides is 1. The monoisotopic (exact) mass is 543 g/mol. The van der Waals surface area contributed by atoms with E-state index in [9.17, 15) is 26.4 Å². The Bertz CT molecular complexity index is 1410. The van der Waals surface area contributed by atoms with Crippen molar-refractivity contribution in [3.8, 4) is 11.1 Å². The van der Waals surface area contributed by atoms with Gasteiger partial charge < -0.3 is 11.1 Å². The molecular formula is C28H28F3N3O3S. The van der Waals surface area contributed by atoms with E-state index in [0.29, 0.717) is 37.1 Å². The molecule has 10 heteroatoms. The molecule has 5 rings (SSSR count). The molecule has 0 bridgehead atoms. The van der Waals surface area contributed by atoms with Gasteiger partial charge in [-0.3, -0.25) is 4.79 Å². The molecule has 3 aromatic rings. The second-order valence-corrected chi connectivity index (χ2v) is 11.9. The normalized spacial score (nSPS) is 18.2. The minimum atomic E-state index is -4.24. The number of anilines is 1. The Kier molecular flexibility index (Phi) is 6.73. The summed E-state index contributed by atoms with van der Waals surface area (Å²) in [4.78, 5) is 11.5. The van der Waals surface area contributed by atoms with Crippen molar-refractivity contribution in [1.29, 1.82) is 0 Å². The van der Waals surface area contributed by atoms with Crippen LogP contribution < -0.4 is 11.1 Å². The third-order valence-corrected chi connectivity index (χ3v) is 9.46. The maximum Gasteiger partial charge on any atom is 0.398 e. The lowest BCUT2D eigenvalue weighted by molar-refractivity contribution is -0.160. The Labute approximate surface area is 219 Å². The molecule has 0 radical (unpaired) electrons. The highest BCUT2D eigenvalue weighted by molar-refractivity contribution is 7.89. The van der Waals surface area contributed by atoms with Crippen LogP contribution in [0.3, 0.4) is 0 Å². The molecule has 0 unspecified atom stereocenters. The molecular weight excluding hydrogens is 515 g/mol. The number of sulfonamides is 1. The van der Waals surface area contributed by atoms with Crippen LogP contribution in [0.1, 0.15) is 41.6 Å². The first kappa shape index (κ1) is 26.2. The van der Waals surface area contributed by atoms with Gasteiger partial charge in [-0.05, 0) is 78.8 Å². The smallest absolute Gasteiger partial charge is 0.382 e. The summed E-state index contributed by atoms with van der Waals surface area (Å²) in [6.07, 6.45) is -2.82. The largest absolute Gasteiger partial charge is 0.398 e. The van der Waals surface area contributed by atoms with E-state index in [1.807, 2.05) is 0 Å². The predicted molar refractivity (Wildman–Crippen MR) is 139 cm³/mol. The first-order valence-corrected chi connectivity index (χ1v) is 13.9. The SMILES string of the molecule is NC(=O)c1ccc(-c2ccc(S(=O)(=O)N3CCC(Nc4ccc(C5(C(F)(F)F)CC5)cc4)CC3)cc2)cc1. The molecule has 1 heterocycles. The van der Waals surface area contributed by atoms with Crippen LogP contribution in [-0.4, -0.2) is 43.9 Å². The van der Waals surface area contributed by atoms with Gasteiger partial charge in [-0.25, -0.2) is 8.42 Å². The van der Waals surface area contributed by atoms with Crippen molar-refractivity contribution in [2.24, 2.45) is 5.73 Å². The number of carbonyl (C=O) groups is 1. The highest BCUT2D eigenvalue weighted by atomic mass is 32.2. The topological polar surface area (TPSA) is 92.5 Å². The van der Waals surface area contributed by atoms with Crippen LogP contribution in [-0.2, 0) is 15.4 Å². The Balaban J connectivity index is 1.18. The average Bonchev–Trinajstić information content (AvgIpc) is 3.72. The fraction of sp³-hybridized carbons (Fsp3) is 0.321. The van der Waals surface area contributed by atoms with Crippen LogP contribution >= 0.6 is 0 Å². The Morgan fingerprint density at radius 2 is 1.39 bits per heavy atom. The Hall–Kier alpha value is -3.37. The van der Waals surface area contributed by atoms with E-state index in [-0.39, 0.29) is 23.8 Å². The van der Waals surface area contributed by atoms with Gasteiger partial charge in [0, 0.05) is 30.4 Å². The maximum atomic E-state index is 13.4. The van der Waals surface area contributed by atoms with Crippen LogP contribution in [0.4, 0.5) is 18.9 Å². The van der Waals surface area contributed by atoms with E-state index >= 15 is 0 Å². The van der Waals surface area contributed by atoms with Crippen LogP contribution in [0, 0.1) is 0 Å². The number of nitrogens with zero attached hydrogens (tertiary/aromatic N) is 1. The second-order valence-electron chi connectivity index (χ2n) is 9.95. The number of benzene rings is 3. The number of piperidine rings is 1. The molecule has 200 valence electrons. The number of nitrogens with two attached hydrogens (primary N) is 1. The van der Waals surface area contributed by atoms with E-state index in [0.717, 1.165) is 16.8 Å². The van der Waals surface area contributed by atoms with Gasteiger partial charge in [0.25, 0.3) is 0 Å². The van der Waals surface area contributed by atoms with E-state index < -0.39 is 27.5 Å². The van der Waals surface area contributed by atoms with Crippen LogP contribution in [0.2, 0.25) is 0 Å². The number of primary amides is 1. The molecule has 0 aromatic heterocycles. The zero-order chi connectivity index (χ0) is 27.1. The van der Waals surface area contributed by atoms with E-state index in [4.69, 9.17) is 5.73 Å². The molecule has 1 amide bonds. The van der Waals surface area contributed by atoms with E-state index in [1.54, 1.807) is 60.7 Å². The number of hydrogen-bond donors (Lipinski definition) is 2. The number of alkyl halides is 3. The minimum Gasteiger partial charge on any atom is -0.382 e. The van der Waals surface area contributed by atoms with Crippen molar-refractivity contribution >= 4 is 21.6 Å². The first-order valence-electron chi connectivity index (χ1n) is 12.4. The van der Waals surface area contributed by atoms with Gasteiger partial charge >= 0.3 is 6.18 Å². The molecule has 6 nitrogen and oxygen atoms in total. The second kappa shape index (κ2) is 9.74. The number of halogens is 3. The fourth-order valence-electron chi connectivity index (χ4n) is 5.02. The lowest BCUT2D eigenvalue weighted by Gasteiger charge is -2.32. The van der Waals surface area contributed by atoms with Gasteiger partial charge in [0.15, 0.2) is 0 Å². The van der Waals surface area contributed by atoms with Crippen LogP contribution in [0.25, 0.3) is 11.1 Å². The summed E-state index contributed by atoms with van der Waals surface area (Å²) in [5.41, 5.74) is 6.66. The number of hydrogen-bond acceptors (Lipinski definition) is 4. The van der Waals surface area contributed by atoms with Gasteiger partial charge in [0.2, 0.25) is 15.9 Å². The van der Waals surface area contributed by atoms with Crippen molar-refractivity contribution in [1.82, 2.24) is 4.31 Å². The zero-order valence-electron chi connectivity index (χ0n) is 20.5. The number of carbonyl (C=O) groups excluding carboxylic acids is 1. The highest BCUT2D eigenvalue weighted by Gasteiger charge is 2.64. The van der Waals surface area contributed by atoms with Gasteiger partial charge in [-0.1, -0.05) is 36.4 Å². The van der Waals surface area contributed by atoms with Gasteiger partial charge in [0.05, 0.1) is 10.3 Å². The zero-order valence-corrected chi connectivity index (χ0v) is 21.4. The molecule has 1 saturated heterocycles. The quantitative estimate of drug-likeness (QED) is 0.422. The Morgan fingerprint density at radius 3 is 1.87 bits per heavy atom. The fourth-order valence-corrected chi connectivity index (χ4v) is 6.49. The van der Waals surface area contributed by atoms with Crippen molar-refractivity contribution in [3.63, 3.8) is 0 Å². The van der Waals surface area contributed by atoms with Crippen molar-refractivity contribution in [2.75, 3.05) is 18.4 Å². The van der Waals surface area contributed by atoms with Crippen molar-refractivity contribution < 1.29 is 26.4 Å². The summed E-state index contributed by atoms with van der Waals surface area (Å²) < 4.78 is 67.9. The summed E-state index contributed by atoms with van der Waals surface area (Å²) in [7, 11) is -3.67. The summed E-state index contributed by atoms with van der Waals surface area (Å²) >= 11 is 0. The van der Waals surface area contributed by atoms with Crippen LogP contribution in [0.15, 0.2) is 77.7 Å². The molecule has 3 N–H and O–H groups in total. The first-order chi connectivity index (χ1) is 18.0. The van der Waals surface area contributed by atoms with Crippen molar-refractivity contribution in [3.05, 3.63) is 83.9 Å². The summed E-state index contributed by atoms with van der Waals surface area (Å²) in [6, 6.07) is 19.8. The van der Waals surface area contributed by atoms with Gasteiger partial charge in [-0.15, -0.1) is 0 Å². The molecule has 2 aliphatic rings. The molecule has 0 spiro atoms. The molecule has 3 aromatic carbocycles. The standard InChI is InChI=1S/C28H28F3N3O3S/c29-28(30,31)27(15-16-27)22-7-9-23(10-8-22)33-24-13-17-34(18-14-24)38(36,37)25-11-5-20(6-12-25)19-1-3-21(4-2-19)26(32)35/h1-12,24,33H,13-18H2,(H2,32,35).